The molecule has 4 rings (SSSR count). The Hall–Kier alpha value is -3.19. The summed E-state index contributed by atoms with van der Waals surface area (Å²) < 4.78 is 7.12. The molecule has 1 aromatic heterocycles. The van der Waals surface area contributed by atoms with E-state index < -0.39 is 0 Å². The molecule has 0 aliphatic carbocycles. The molecule has 2 heterocycles. The maximum Gasteiger partial charge on any atom is 0.253 e. The van der Waals surface area contributed by atoms with Crippen molar-refractivity contribution in [1.29, 1.82) is 0 Å². The molecule has 0 N–H and O–H groups in total. The van der Waals surface area contributed by atoms with E-state index in [1.807, 2.05) is 17.0 Å². The first-order valence-corrected chi connectivity index (χ1v) is 10.7. The molecule has 0 unspecified atom stereocenters. The van der Waals surface area contributed by atoms with Gasteiger partial charge in [-0.15, -0.1) is 0 Å². The van der Waals surface area contributed by atoms with E-state index in [1.165, 1.54) is 11.9 Å². The highest BCUT2D eigenvalue weighted by Gasteiger charge is 2.26. The van der Waals surface area contributed by atoms with E-state index in [0.717, 1.165) is 44.6 Å². The van der Waals surface area contributed by atoms with Gasteiger partial charge in [-0.3, -0.25) is 4.79 Å². The Morgan fingerprint density at radius 2 is 1.94 bits per heavy atom. The summed E-state index contributed by atoms with van der Waals surface area (Å²) in [5, 5.41) is 4.14. The van der Waals surface area contributed by atoms with Gasteiger partial charge < -0.3 is 14.5 Å². The number of nitrogens with zero attached hydrogens (tertiary/aromatic N) is 5. The summed E-state index contributed by atoms with van der Waals surface area (Å²) in [7, 11) is 3.79. The second kappa shape index (κ2) is 9.75. The Morgan fingerprint density at radius 3 is 2.61 bits per heavy atom. The molecule has 0 bridgehead atoms. The van der Waals surface area contributed by atoms with Crippen molar-refractivity contribution in [2.45, 2.75) is 25.3 Å². The molecule has 7 heteroatoms. The van der Waals surface area contributed by atoms with E-state index >= 15 is 0 Å². The molecule has 1 aliphatic heterocycles. The van der Waals surface area contributed by atoms with Crippen molar-refractivity contribution in [2.24, 2.45) is 0 Å². The third-order valence-electron chi connectivity index (χ3n) is 6.06. The molecule has 1 saturated heterocycles. The monoisotopic (exact) mass is 419 g/mol. The molecule has 162 valence electrons. The Kier molecular flexibility index (Phi) is 6.62. The molecule has 1 aliphatic rings. The summed E-state index contributed by atoms with van der Waals surface area (Å²) in [6, 6.07) is 16.6. The van der Waals surface area contributed by atoms with Gasteiger partial charge in [0.15, 0.2) is 0 Å². The van der Waals surface area contributed by atoms with Gasteiger partial charge in [-0.05, 0) is 50.1 Å². The summed E-state index contributed by atoms with van der Waals surface area (Å²) in [4.78, 5) is 21.4. The van der Waals surface area contributed by atoms with Gasteiger partial charge in [0.1, 0.15) is 24.1 Å². The number of methoxy groups -OCH3 is 1. The Balaban J connectivity index is 1.34. The van der Waals surface area contributed by atoms with Gasteiger partial charge in [0.05, 0.1) is 7.11 Å². The summed E-state index contributed by atoms with van der Waals surface area (Å²) in [5.74, 6) is 0.653. The number of likely N-dealkylation sites (N-methyl/N-ethyl adjacent to an activating group) is 1. The summed E-state index contributed by atoms with van der Waals surface area (Å²) in [6.45, 7) is 2.57. The van der Waals surface area contributed by atoms with E-state index in [0.29, 0.717) is 17.4 Å². The molecule has 3 aromatic rings. The van der Waals surface area contributed by atoms with Crippen LogP contribution in [-0.2, 0) is 6.42 Å². The number of likely N-dealkylation sites (tertiary alicyclic amines) is 1. The number of carbonyl (C=O) groups excluding carboxylic acids is 1. The second-order valence-corrected chi connectivity index (χ2v) is 7.97. The van der Waals surface area contributed by atoms with Crippen LogP contribution in [0.15, 0.2) is 61.2 Å². The number of hydrogen-bond donors (Lipinski definition) is 0. The zero-order valence-corrected chi connectivity index (χ0v) is 18.1. The summed E-state index contributed by atoms with van der Waals surface area (Å²) >= 11 is 0. The van der Waals surface area contributed by atoms with E-state index in [-0.39, 0.29) is 5.91 Å². The molecular weight excluding hydrogens is 390 g/mol. The zero-order chi connectivity index (χ0) is 21.6. The van der Waals surface area contributed by atoms with Gasteiger partial charge in [0, 0.05) is 31.2 Å². The van der Waals surface area contributed by atoms with Crippen LogP contribution in [0, 0.1) is 0 Å². The highest BCUT2D eigenvalue weighted by Crippen LogP contribution is 2.25. The van der Waals surface area contributed by atoms with Crippen molar-refractivity contribution < 1.29 is 9.53 Å². The molecule has 0 spiro atoms. The molecule has 7 nitrogen and oxygen atoms in total. The number of piperidine rings is 1. The molecule has 31 heavy (non-hydrogen) atoms. The van der Waals surface area contributed by atoms with Gasteiger partial charge in [0.25, 0.3) is 5.91 Å². The predicted molar refractivity (Wildman–Crippen MR) is 120 cm³/mol. The van der Waals surface area contributed by atoms with E-state index in [4.69, 9.17) is 4.74 Å². The maximum absolute atomic E-state index is 13.1. The minimum absolute atomic E-state index is 0.0498. The molecule has 0 radical (unpaired) electrons. The molecule has 2 aromatic carbocycles. The number of rotatable bonds is 7. The lowest BCUT2D eigenvalue weighted by atomic mass is 10.0. The molecule has 0 saturated carbocycles. The van der Waals surface area contributed by atoms with Crippen LogP contribution in [0.3, 0.4) is 0 Å². The first kappa shape index (κ1) is 21.1. The number of hydrogen-bond acceptors (Lipinski definition) is 5. The highest BCUT2D eigenvalue weighted by molar-refractivity contribution is 5.95. The fraction of sp³-hybridized carbons (Fsp3) is 0.375. The topological polar surface area (TPSA) is 63.5 Å². The Labute approximate surface area is 183 Å². The number of benzene rings is 2. The molecule has 1 amide bonds. The molecule has 1 fully saturated rings. The minimum Gasteiger partial charge on any atom is -0.494 e. The Bertz CT molecular complexity index is 982. The Morgan fingerprint density at radius 1 is 1.16 bits per heavy atom. The first-order valence-electron chi connectivity index (χ1n) is 10.7. The van der Waals surface area contributed by atoms with Gasteiger partial charge in [-0.2, -0.15) is 5.10 Å². The van der Waals surface area contributed by atoms with Crippen LogP contribution in [0.1, 0.15) is 28.8 Å². The first-order chi connectivity index (χ1) is 15.2. The van der Waals surface area contributed by atoms with E-state index in [9.17, 15) is 4.79 Å². The lowest BCUT2D eigenvalue weighted by Crippen LogP contribution is -2.46. The van der Waals surface area contributed by atoms with Gasteiger partial charge in [-0.1, -0.05) is 30.3 Å². The van der Waals surface area contributed by atoms with Crippen LogP contribution < -0.4 is 4.74 Å². The van der Waals surface area contributed by atoms with Crippen molar-refractivity contribution in [3.05, 3.63) is 72.3 Å². The number of carbonyl (C=O) groups is 1. The summed E-state index contributed by atoms with van der Waals surface area (Å²) in [6.07, 6.45) is 6.11. The van der Waals surface area contributed by atoms with Gasteiger partial charge in [-0.25, -0.2) is 9.67 Å². The van der Waals surface area contributed by atoms with Crippen LogP contribution in [-0.4, -0.2) is 70.3 Å². The number of amides is 1. The van der Waals surface area contributed by atoms with Crippen LogP contribution in [0.5, 0.6) is 5.75 Å². The largest absolute Gasteiger partial charge is 0.494 e. The zero-order valence-electron chi connectivity index (χ0n) is 18.1. The van der Waals surface area contributed by atoms with Crippen molar-refractivity contribution in [3.8, 4) is 11.4 Å². The SMILES string of the molecule is COc1cc(C(=O)N2CCC(N(C)CCc3ccccc3)CC2)ccc1-n1cncn1. The lowest BCUT2D eigenvalue weighted by molar-refractivity contribution is 0.0646. The highest BCUT2D eigenvalue weighted by atomic mass is 16.5. The maximum atomic E-state index is 13.1. The van der Waals surface area contributed by atoms with Crippen molar-refractivity contribution in [3.63, 3.8) is 0 Å². The third-order valence-corrected chi connectivity index (χ3v) is 6.06. The van der Waals surface area contributed by atoms with Crippen LogP contribution in [0.4, 0.5) is 0 Å². The number of aromatic nitrogens is 3. The van der Waals surface area contributed by atoms with Gasteiger partial charge in [0.2, 0.25) is 0 Å². The smallest absolute Gasteiger partial charge is 0.253 e. The van der Waals surface area contributed by atoms with Crippen molar-refractivity contribution >= 4 is 5.91 Å². The van der Waals surface area contributed by atoms with Crippen LogP contribution >= 0.6 is 0 Å². The van der Waals surface area contributed by atoms with E-state index in [2.05, 4.69) is 52.4 Å². The van der Waals surface area contributed by atoms with Crippen molar-refractivity contribution in [2.75, 3.05) is 33.8 Å². The van der Waals surface area contributed by atoms with E-state index in [1.54, 1.807) is 24.2 Å². The third kappa shape index (κ3) is 4.94. The molecule has 0 atom stereocenters. The normalized spacial score (nSPS) is 14.7. The average Bonchev–Trinajstić information content (AvgIpc) is 3.37. The van der Waals surface area contributed by atoms with Crippen molar-refractivity contribution in [1.82, 2.24) is 24.6 Å². The standard InChI is InChI=1S/C24H29N5O2/c1-27(13-10-19-6-4-3-5-7-19)21-11-14-28(15-12-21)24(30)20-8-9-22(23(16-20)31-2)29-18-25-17-26-29/h3-9,16-18,21H,10-15H2,1-2H3. The minimum atomic E-state index is 0.0498. The van der Waals surface area contributed by atoms with Crippen LogP contribution in [0.2, 0.25) is 0 Å². The quantitative estimate of drug-likeness (QED) is 0.589. The second-order valence-electron chi connectivity index (χ2n) is 7.97. The molecular formula is C24H29N5O2. The van der Waals surface area contributed by atoms with Crippen LogP contribution in [0.25, 0.3) is 5.69 Å². The van der Waals surface area contributed by atoms with Gasteiger partial charge >= 0.3 is 0 Å². The number of ether oxygens (including phenoxy) is 1. The lowest BCUT2D eigenvalue weighted by Gasteiger charge is -2.37. The summed E-state index contributed by atoms with van der Waals surface area (Å²) in [5.41, 5.74) is 2.76. The fourth-order valence-electron chi connectivity index (χ4n) is 4.16. The predicted octanol–water partition coefficient (Wildman–Crippen LogP) is 3.06. The fourth-order valence-corrected chi connectivity index (χ4v) is 4.16. The average molecular weight is 420 g/mol.